The highest BCUT2D eigenvalue weighted by Crippen LogP contribution is 2.20. The van der Waals surface area contributed by atoms with E-state index in [0.29, 0.717) is 18.4 Å². The fourth-order valence-corrected chi connectivity index (χ4v) is 3.27. The number of hydrogen-bond acceptors (Lipinski definition) is 2. The highest BCUT2D eigenvalue weighted by Gasteiger charge is 2.21. The van der Waals surface area contributed by atoms with Gasteiger partial charge in [0.05, 0.1) is 0 Å². The van der Waals surface area contributed by atoms with Crippen LogP contribution in [0.4, 0.5) is 8.78 Å². The van der Waals surface area contributed by atoms with Gasteiger partial charge in [-0.05, 0) is 43.4 Å². The Hall–Kier alpha value is -1.49. The maximum atomic E-state index is 13.1. The van der Waals surface area contributed by atoms with Crippen molar-refractivity contribution in [3.05, 3.63) is 35.4 Å². The number of nitrogens with zero attached hydrogens (tertiary/aromatic N) is 1. The second kappa shape index (κ2) is 7.68. The molecule has 2 rings (SSSR count). The van der Waals surface area contributed by atoms with Gasteiger partial charge in [-0.3, -0.25) is 4.79 Å². The first kappa shape index (κ1) is 16.9. The Balaban J connectivity index is 1.73. The van der Waals surface area contributed by atoms with E-state index in [4.69, 9.17) is 0 Å². The van der Waals surface area contributed by atoms with Crippen molar-refractivity contribution < 1.29 is 13.6 Å². The first-order valence-corrected chi connectivity index (χ1v) is 7.90. The van der Waals surface area contributed by atoms with E-state index in [2.05, 4.69) is 24.1 Å². The summed E-state index contributed by atoms with van der Waals surface area (Å²) in [4.78, 5) is 14.3. The Kier molecular flexibility index (Phi) is 5.89. The first-order chi connectivity index (χ1) is 10.4. The molecule has 0 spiro atoms. The summed E-state index contributed by atoms with van der Waals surface area (Å²) in [5.74, 6) is -0.469. The van der Waals surface area contributed by atoms with Crippen LogP contribution in [0, 0.1) is 23.5 Å². The van der Waals surface area contributed by atoms with Gasteiger partial charge in [0, 0.05) is 31.3 Å². The van der Waals surface area contributed by atoms with Gasteiger partial charge < -0.3 is 10.2 Å². The number of hydrogen-bond donors (Lipinski definition) is 1. The average molecular weight is 310 g/mol. The number of nitrogens with one attached hydrogen (secondary N) is 1. The van der Waals surface area contributed by atoms with Crippen molar-refractivity contribution in [1.29, 1.82) is 0 Å². The second-order valence-corrected chi connectivity index (χ2v) is 6.47. The Morgan fingerprint density at radius 1 is 1.18 bits per heavy atom. The number of carbonyl (C=O) groups is 1. The van der Waals surface area contributed by atoms with Gasteiger partial charge in [-0.15, -0.1) is 0 Å². The predicted molar refractivity (Wildman–Crippen MR) is 82.7 cm³/mol. The molecule has 1 aliphatic rings. The highest BCUT2D eigenvalue weighted by molar-refractivity contribution is 5.94. The van der Waals surface area contributed by atoms with E-state index in [1.165, 1.54) is 6.42 Å². The summed E-state index contributed by atoms with van der Waals surface area (Å²) in [6.45, 7) is 8.19. The van der Waals surface area contributed by atoms with Crippen LogP contribution in [0.1, 0.15) is 37.0 Å². The van der Waals surface area contributed by atoms with Crippen molar-refractivity contribution in [2.24, 2.45) is 11.8 Å². The number of benzene rings is 1. The third-order valence-electron chi connectivity index (χ3n) is 4.01. The third kappa shape index (κ3) is 5.05. The molecule has 5 heteroatoms. The van der Waals surface area contributed by atoms with Crippen LogP contribution in [0.15, 0.2) is 18.2 Å². The van der Waals surface area contributed by atoms with Crippen molar-refractivity contribution in [1.82, 2.24) is 10.2 Å². The number of piperidine rings is 1. The predicted octanol–water partition coefficient (Wildman–Crippen LogP) is 3.06. The molecule has 0 aliphatic carbocycles. The smallest absolute Gasteiger partial charge is 0.251 e. The lowest BCUT2D eigenvalue weighted by atomic mass is 9.92. The van der Waals surface area contributed by atoms with E-state index >= 15 is 0 Å². The van der Waals surface area contributed by atoms with Gasteiger partial charge in [-0.25, -0.2) is 8.78 Å². The van der Waals surface area contributed by atoms with E-state index < -0.39 is 17.5 Å². The summed E-state index contributed by atoms with van der Waals surface area (Å²) in [6.07, 6.45) is 2.11. The molecule has 1 saturated heterocycles. The van der Waals surface area contributed by atoms with Gasteiger partial charge in [-0.2, -0.15) is 0 Å². The maximum Gasteiger partial charge on any atom is 0.251 e. The number of likely N-dealkylation sites (tertiary alicyclic amines) is 1. The number of carbonyl (C=O) groups excluding carboxylic acids is 1. The molecule has 3 nitrogen and oxygen atoms in total. The van der Waals surface area contributed by atoms with Crippen LogP contribution in [0.3, 0.4) is 0 Å². The van der Waals surface area contributed by atoms with E-state index in [1.807, 2.05) is 0 Å². The molecule has 122 valence electrons. The zero-order valence-corrected chi connectivity index (χ0v) is 13.2. The van der Waals surface area contributed by atoms with Crippen molar-refractivity contribution in [2.45, 2.75) is 26.7 Å². The van der Waals surface area contributed by atoms with Gasteiger partial charge in [-0.1, -0.05) is 13.8 Å². The number of rotatable bonds is 5. The summed E-state index contributed by atoms with van der Waals surface area (Å²) in [7, 11) is 0. The van der Waals surface area contributed by atoms with Crippen LogP contribution in [-0.2, 0) is 0 Å². The SMILES string of the molecule is C[C@@H]1C[C@@H](C)CN(CCCNC(=O)c2cc(F)cc(F)c2)C1. The van der Waals surface area contributed by atoms with E-state index in [1.54, 1.807) is 0 Å². The zero-order chi connectivity index (χ0) is 16.1. The standard InChI is InChI=1S/C17H24F2N2O/c1-12-6-13(2)11-21(10-12)5-3-4-20-17(22)14-7-15(18)9-16(19)8-14/h7-9,12-13H,3-6,10-11H2,1-2H3,(H,20,22)/t12-,13-/m1/s1. The summed E-state index contributed by atoms with van der Waals surface area (Å²) in [5.41, 5.74) is 0.0257. The van der Waals surface area contributed by atoms with Crippen LogP contribution in [0.2, 0.25) is 0 Å². The molecule has 0 aromatic heterocycles. The second-order valence-electron chi connectivity index (χ2n) is 6.47. The van der Waals surface area contributed by atoms with Crippen molar-refractivity contribution in [3.8, 4) is 0 Å². The number of halogens is 2. The summed E-state index contributed by atoms with van der Waals surface area (Å²) in [6, 6.07) is 2.86. The molecule has 1 N–H and O–H groups in total. The molecule has 1 heterocycles. The van der Waals surface area contributed by atoms with Gasteiger partial charge in [0.15, 0.2) is 0 Å². The summed E-state index contributed by atoms with van der Waals surface area (Å²) in [5, 5.41) is 2.72. The summed E-state index contributed by atoms with van der Waals surface area (Å²) >= 11 is 0. The molecule has 1 amide bonds. The Labute approximate surface area is 130 Å². The molecule has 1 aromatic rings. The zero-order valence-electron chi connectivity index (χ0n) is 13.2. The van der Waals surface area contributed by atoms with Crippen molar-refractivity contribution >= 4 is 5.91 Å². The summed E-state index contributed by atoms with van der Waals surface area (Å²) < 4.78 is 26.1. The Bertz CT molecular complexity index is 491. The maximum absolute atomic E-state index is 13.1. The molecular weight excluding hydrogens is 286 g/mol. The van der Waals surface area contributed by atoms with Crippen molar-refractivity contribution in [3.63, 3.8) is 0 Å². The fourth-order valence-electron chi connectivity index (χ4n) is 3.27. The molecule has 0 unspecified atom stereocenters. The molecule has 1 aromatic carbocycles. The minimum absolute atomic E-state index is 0.0257. The van der Waals surface area contributed by atoms with Gasteiger partial charge in [0.25, 0.3) is 5.91 Å². The Morgan fingerprint density at radius 2 is 1.77 bits per heavy atom. The minimum Gasteiger partial charge on any atom is -0.352 e. The van der Waals surface area contributed by atoms with E-state index in [-0.39, 0.29) is 5.56 Å². The van der Waals surface area contributed by atoms with E-state index in [9.17, 15) is 13.6 Å². The van der Waals surface area contributed by atoms with Crippen LogP contribution >= 0.6 is 0 Å². The fraction of sp³-hybridized carbons (Fsp3) is 0.588. The third-order valence-corrected chi connectivity index (χ3v) is 4.01. The lowest BCUT2D eigenvalue weighted by Crippen LogP contribution is -2.40. The van der Waals surface area contributed by atoms with Crippen LogP contribution in [-0.4, -0.2) is 37.0 Å². The molecule has 1 aliphatic heterocycles. The molecule has 22 heavy (non-hydrogen) atoms. The van der Waals surface area contributed by atoms with Gasteiger partial charge in [0.2, 0.25) is 0 Å². The number of amides is 1. The van der Waals surface area contributed by atoms with Crippen molar-refractivity contribution in [2.75, 3.05) is 26.2 Å². The highest BCUT2D eigenvalue weighted by atomic mass is 19.1. The van der Waals surface area contributed by atoms with Crippen LogP contribution in [0.5, 0.6) is 0 Å². The van der Waals surface area contributed by atoms with E-state index in [0.717, 1.165) is 44.3 Å². The normalized spacial score (nSPS) is 22.5. The molecule has 0 radical (unpaired) electrons. The Morgan fingerprint density at radius 3 is 2.36 bits per heavy atom. The topological polar surface area (TPSA) is 32.3 Å². The molecule has 2 atom stereocenters. The largest absolute Gasteiger partial charge is 0.352 e. The first-order valence-electron chi connectivity index (χ1n) is 7.90. The monoisotopic (exact) mass is 310 g/mol. The average Bonchev–Trinajstić information content (AvgIpc) is 2.41. The molecule has 0 saturated carbocycles. The molecular formula is C17H24F2N2O. The van der Waals surface area contributed by atoms with Gasteiger partial charge in [0.1, 0.15) is 11.6 Å². The molecule has 1 fully saturated rings. The van der Waals surface area contributed by atoms with Crippen LogP contribution < -0.4 is 5.32 Å². The van der Waals surface area contributed by atoms with Crippen LogP contribution in [0.25, 0.3) is 0 Å². The quantitative estimate of drug-likeness (QED) is 0.848. The minimum atomic E-state index is -0.735. The van der Waals surface area contributed by atoms with Gasteiger partial charge >= 0.3 is 0 Å². The lowest BCUT2D eigenvalue weighted by Gasteiger charge is -2.34. The molecule has 0 bridgehead atoms. The lowest BCUT2D eigenvalue weighted by molar-refractivity contribution is 0.0946.